The van der Waals surface area contributed by atoms with E-state index in [2.05, 4.69) is 51.2 Å². The van der Waals surface area contributed by atoms with Crippen LogP contribution in [0.15, 0.2) is 97.2 Å². The zero-order valence-electron chi connectivity index (χ0n) is 43.6. The van der Waals surface area contributed by atoms with Gasteiger partial charge >= 0.3 is 17.9 Å². The molecule has 0 aromatic rings. The summed E-state index contributed by atoms with van der Waals surface area (Å²) in [6.07, 6.45) is 72.7. The number of rotatable bonds is 49. The lowest BCUT2D eigenvalue weighted by Crippen LogP contribution is -2.30. The van der Waals surface area contributed by atoms with Gasteiger partial charge < -0.3 is 14.2 Å². The average molecular weight is 931 g/mol. The lowest BCUT2D eigenvalue weighted by molar-refractivity contribution is -0.166. The fourth-order valence-corrected chi connectivity index (χ4v) is 7.59. The number of esters is 3. The minimum Gasteiger partial charge on any atom is -0.462 e. The lowest BCUT2D eigenvalue weighted by atomic mass is 10.0. The second-order valence-electron chi connectivity index (χ2n) is 18.3. The molecule has 0 aromatic carbocycles. The predicted octanol–water partition coefficient (Wildman–Crippen LogP) is 18.5. The molecule has 0 rings (SSSR count). The normalized spacial score (nSPS) is 12.8. The van der Waals surface area contributed by atoms with Crippen molar-refractivity contribution in [3.63, 3.8) is 0 Å². The molecule has 0 heterocycles. The average Bonchev–Trinajstić information content (AvgIpc) is 3.33. The van der Waals surface area contributed by atoms with Gasteiger partial charge in [0.1, 0.15) is 13.2 Å². The van der Waals surface area contributed by atoms with Gasteiger partial charge in [0.25, 0.3) is 0 Å². The first-order valence-corrected chi connectivity index (χ1v) is 27.8. The third-order valence-corrected chi connectivity index (χ3v) is 11.7. The summed E-state index contributed by atoms with van der Waals surface area (Å²) in [6, 6.07) is 0. The van der Waals surface area contributed by atoms with Gasteiger partial charge in [0.2, 0.25) is 0 Å². The van der Waals surface area contributed by atoms with Crippen LogP contribution >= 0.6 is 0 Å². The van der Waals surface area contributed by atoms with E-state index in [-0.39, 0.29) is 44.0 Å². The van der Waals surface area contributed by atoms with Crippen LogP contribution < -0.4 is 0 Å². The Labute approximate surface area is 413 Å². The molecule has 0 aliphatic rings. The summed E-state index contributed by atoms with van der Waals surface area (Å²) in [4.78, 5) is 38.0. The number of carbonyl (C=O) groups excluding carboxylic acids is 3. The van der Waals surface area contributed by atoms with Crippen LogP contribution in [-0.2, 0) is 28.6 Å². The van der Waals surface area contributed by atoms with Crippen LogP contribution in [0.4, 0.5) is 0 Å². The van der Waals surface area contributed by atoms with Gasteiger partial charge in [0, 0.05) is 19.3 Å². The first-order chi connectivity index (χ1) is 33.0. The molecule has 0 bridgehead atoms. The van der Waals surface area contributed by atoms with Gasteiger partial charge in [-0.3, -0.25) is 14.4 Å². The minimum atomic E-state index is -0.823. The van der Waals surface area contributed by atoms with E-state index in [4.69, 9.17) is 14.2 Å². The maximum absolute atomic E-state index is 12.8. The van der Waals surface area contributed by atoms with E-state index in [0.29, 0.717) is 19.3 Å². The van der Waals surface area contributed by atoms with E-state index in [1.54, 1.807) is 0 Å². The van der Waals surface area contributed by atoms with Gasteiger partial charge in [-0.2, -0.15) is 0 Å². The molecule has 0 amide bonds. The smallest absolute Gasteiger partial charge is 0.306 e. The molecule has 67 heavy (non-hydrogen) atoms. The Hall–Kier alpha value is -3.67. The van der Waals surface area contributed by atoms with E-state index in [0.717, 1.165) is 57.8 Å². The largest absolute Gasteiger partial charge is 0.462 e. The summed E-state index contributed by atoms with van der Waals surface area (Å²) >= 11 is 0. The van der Waals surface area contributed by atoms with Crippen molar-refractivity contribution in [2.75, 3.05) is 13.2 Å². The van der Waals surface area contributed by atoms with Crippen LogP contribution in [0.5, 0.6) is 0 Å². The third-order valence-electron chi connectivity index (χ3n) is 11.7. The molecule has 6 heteroatoms. The number of carbonyl (C=O) groups is 3. The summed E-state index contributed by atoms with van der Waals surface area (Å²) in [7, 11) is 0. The molecule has 0 radical (unpaired) electrons. The summed E-state index contributed by atoms with van der Waals surface area (Å²) in [6.45, 7) is 6.41. The molecule has 382 valence electrons. The fourth-order valence-electron chi connectivity index (χ4n) is 7.59. The quantitative estimate of drug-likeness (QED) is 0.0199. The van der Waals surface area contributed by atoms with Crippen LogP contribution in [-0.4, -0.2) is 37.2 Å². The highest BCUT2D eigenvalue weighted by molar-refractivity contribution is 5.71. The third kappa shape index (κ3) is 53.2. The number of hydrogen-bond donors (Lipinski definition) is 0. The first kappa shape index (κ1) is 63.3. The predicted molar refractivity (Wildman–Crippen MR) is 288 cm³/mol. The van der Waals surface area contributed by atoms with Crippen LogP contribution in [0.1, 0.15) is 252 Å². The monoisotopic (exact) mass is 931 g/mol. The van der Waals surface area contributed by atoms with Crippen LogP contribution in [0.25, 0.3) is 0 Å². The molecule has 0 saturated heterocycles. The van der Waals surface area contributed by atoms with Crippen molar-refractivity contribution in [1.29, 1.82) is 0 Å². The van der Waals surface area contributed by atoms with E-state index in [1.165, 1.54) is 141 Å². The first-order valence-electron chi connectivity index (χ1n) is 27.8. The van der Waals surface area contributed by atoms with Crippen LogP contribution in [0.3, 0.4) is 0 Å². The standard InChI is InChI=1S/C61H102O6/c1-4-7-10-13-16-19-22-25-27-29-30-32-33-36-39-42-45-48-51-54-60(63)66-57-58(56-65-59(62)53-50-47-44-41-38-35-24-21-18-15-12-9-6-3)67-61(64)55-52-49-46-43-40-37-34-31-28-26-23-20-17-14-11-8-5-2/h8,11,14,17,20,23,26,28,31,34-35,37-38,40,44,47,58H,4-7,9-10,12-13,15-16,18-19,21-22,24-25,27,29-30,32-33,36,39,41-43,45-46,48-57H2,1-3H3/b11-8+,17-14+,23-20+,28-26+,34-31+,38-35+,40-37+,47-44+. The molecule has 0 spiro atoms. The number of unbranched alkanes of at least 4 members (excludes halogenated alkanes) is 27. The Morgan fingerprint density at radius 2 is 0.672 bits per heavy atom. The number of allylic oxidation sites excluding steroid dienone is 16. The second kappa shape index (κ2) is 54.9. The van der Waals surface area contributed by atoms with Crippen LogP contribution in [0, 0.1) is 0 Å². The SMILES string of the molecule is CC/C=C/C=C/C=C/C=C/C=C/C=C/CCCCCC(=O)OC(COC(=O)CC/C=C/C/C=C/CCCCCCCC)COC(=O)CCCCCCCCCCCCCCCCCCCCC. The molecular formula is C61H102O6. The highest BCUT2D eigenvalue weighted by Gasteiger charge is 2.19. The Kier molecular flexibility index (Phi) is 51.9. The molecule has 1 unspecified atom stereocenters. The Balaban J connectivity index is 4.48. The summed E-state index contributed by atoms with van der Waals surface area (Å²) in [5.74, 6) is -1.02. The molecule has 6 nitrogen and oxygen atoms in total. The summed E-state index contributed by atoms with van der Waals surface area (Å²) in [5.41, 5.74) is 0. The molecule has 1 atom stereocenters. The minimum absolute atomic E-state index is 0.112. The van der Waals surface area contributed by atoms with Gasteiger partial charge in [0.15, 0.2) is 6.10 Å². The van der Waals surface area contributed by atoms with Crippen molar-refractivity contribution in [3.05, 3.63) is 97.2 Å². The maximum Gasteiger partial charge on any atom is 0.306 e. The zero-order valence-corrected chi connectivity index (χ0v) is 43.6. The Morgan fingerprint density at radius 1 is 0.328 bits per heavy atom. The van der Waals surface area contributed by atoms with Gasteiger partial charge in [0.05, 0.1) is 0 Å². The molecule has 0 aromatic heterocycles. The molecule has 0 aliphatic heterocycles. The highest BCUT2D eigenvalue weighted by Crippen LogP contribution is 2.16. The van der Waals surface area contributed by atoms with E-state index < -0.39 is 6.10 Å². The number of hydrogen-bond acceptors (Lipinski definition) is 6. The fraction of sp³-hybridized carbons (Fsp3) is 0.689. The lowest BCUT2D eigenvalue weighted by Gasteiger charge is -2.18. The van der Waals surface area contributed by atoms with Crippen molar-refractivity contribution >= 4 is 17.9 Å². The summed E-state index contributed by atoms with van der Waals surface area (Å²) < 4.78 is 16.7. The molecule has 0 N–H and O–H groups in total. The second-order valence-corrected chi connectivity index (χ2v) is 18.3. The van der Waals surface area contributed by atoms with Gasteiger partial charge in [-0.1, -0.05) is 272 Å². The van der Waals surface area contributed by atoms with Crippen molar-refractivity contribution in [1.82, 2.24) is 0 Å². The van der Waals surface area contributed by atoms with Gasteiger partial charge in [-0.25, -0.2) is 0 Å². The number of ether oxygens (including phenoxy) is 3. The zero-order chi connectivity index (χ0) is 48.6. The molecular weight excluding hydrogens is 829 g/mol. The van der Waals surface area contributed by atoms with E-state index in [9.17, 15) is 14.4 Å². The van der Waals surface area contributed by atoms with E-state index in [1.807, 2.05) is 66.8 Å². The van der Waals surface area contributed by atoms with Gasteiger partial charge in [-0.05, 0) is 57.8 Å². The highest BCUT2D eigenvalue weighted by atomic mass is 16.6. The van der Waals surface area contributed by atoms with Crippen molar-refractivity contribution in [2.24, 2.45) is 0 Å². The van der Waals surface area contributed by atoms with Crippen molar-refractivity contribution in [2.45, 2.75) is 258 Å². The molecule has 0 aliphatic carbocycles. The van der Waals surface area contributed by atoms with E-state index >= 15 is 0 Å². The molecule has 0 fully saturated rings. The van der Waals surface area contributed by atoms with Gasteiger partial charge in [-0.15, -0.1) is 0 Å². The van der Waals surface area contributed by atoms with Crippen molar-refractivity contribution < 1.29 is 28.6 Å². The summed E-state index contributed by atoms with van der Waals surface area (Å²) in [5, 5.41) is 0. The van der Waals surface area contributed by atoms with Crippen LogP contribution in [0.2, 0.25) is 0 Å². The van der Waals surface area contributed by atoms with Crippen molar-refractivity contribution in [3.8, 4) is 0 Å². The molecule has 0 saturated carbocycles. The Bertz CT molecular complexity index is 1350. The maximum atomic E-state index is 12.8. The Morgan fingerprint density at radius 3 is 1.13 bits per heavy atom. The topological polar surface area (TPSA) is 78.9 Å².